The number of aliphatic imine (C=N–C) groups is 1. The summed E-state index contributed by atoms with van der Waals surface area (Å²) in [5.74, 6) is 1.50. The van der Waals surface area contributed by atoms with Gasteiger partial charge < -0.3 is 24.8 Å². The van der Waals surface area contributed by atoms with Crippen molar-refractivity contribution < 1.29 is 19.4 Å². The number of hydrogen-bond acceptors (Lipinski definition) is 5. The van der Waals surface area contributed by atoms with Crippen molar-refractivity contribution in [1.29, 1.82) is 0 Å². The van der Waals surface area contributed by atoms with Gasteiger partial charge in [0.2, 0.25) is 0 Å². The van der Waals surface area contributed by atoms with Gasteiger partial charge in [0.05, 0.1) is 26.7 Å². The molecule has 2 N–H and O–H groups in total. The zero-order valence-corrected chi connectivity index (χ0v) is 17.9. The van der Waals surface area contributed by atoms with Gasteiger partial charge in [0.15, 0.2) is 5.96 Å². The van der Waals surface area contributed by atoms with E-state index >= 15 is 0 Å². The molecule has 1 aliphatic heterocycles. The number of nitrogens with zero attached hydrogens (tertiary/aromatic N) is 2. The summed E-state index contributed by atoms with van der Waals surface area (Å²) < 4.78 is 10.0. The van der Waals surface area contributed by atoms with Crippen LogP contribution in [0.1, 0.15) is 25.3 Å². The second-order valence-electron chi connectivity index (χ2n) is 5.95. The average molecular weight is 477 g/mol. The summed E-state index contributed by atoms with van der Waals surface area (Å²) in [7, 11) is 3.02. The van der Waals surface area contributed by atoms with Gasteiger partial charge in [-0.3, -0.25) is 4.79 Å². The average Bonchev–Trinajstić information content (AvgIpc) is 2.65. The largest absolute Gasteiger partial charge is 0.508 e. The Labute approximate surface area is 171 Å². The molecule has 7 nitrogen and oxygen atoms in total. The molecule has 146 valence electrons. The van der Waals surface area contributed by atoms with E-state index in [-0.39, 0.29) is 41.6 Å². The van der Waals surface area contributed by atoms with Crippen LogP contribution in [-0.4, -0.2) is 55.8 Å². The normalized spacial score (nSPS) is 15.2. The predicted octanol–water partition coefficient (Wildman–Crippen LogP) is 2.37. The minimum atomic E-state index is -0.136. The number of aromatic hydroxyl groups is 1. The minimum Gasteiger partial charge on any atom is -0.508 e. The SMILES string of the molecule is CCNC(=NCc1cc(OC)ccc1O)N1CCC(C(=O)OC)CC1.I. The fourth-order valence-corrected chi connectivity index (χ4v) is 2.90. The second kappa shape index (κ2) is 11.1. The van der Waals surface area contributed by atoms with Crippen LogP contribution in [0.4, 0.5) is 0 Å². The molecule has 1 saturated heterocycles. The maximum Gasteiger partial charge on any atom is 0.308 e. The van der Waals surface area contributed by atoms with Crippen molar-refractivity contribution in [3.05, 3.63) is 23.8 Å². The van der Waals surface area contributed by atoms with Crippen LogP contribution >= 0.6 is 24.0 Å². The maximum absolute atomic E-state index is 11.7. The number of esters is 1. The molecule has 26 heavy (non-hydrogen) atoms. The van der Waals surface area contributed by atoms with E-state index in [1.165, 1.54) is 7.11 Å². The van der Waals surface area contributed by atoms with Crippen LogP contribution in [-0.2, 0) is 16.1 Å². The predicted molar refractivity (Wildman–Crippen MR) is 111 cm³/mol. The van der Waals surface area contributed by atoms with E-state index in [9.17, 15) is 9.90 Å². The van der Waals surface area contributed by atoms with Gasteiger partial charge in [-0.15, -0.1) is 24.0 Å². The lowest BCUT2D eigenvalue weighted by Crippen LogP contribution is -2.46. The number of carbonyl (C=O) groups excluding carboxylic acids is 1. The molecule has 0 aromatic heterocycles. The highest BCUT2D eigenvalue weighted by Crippen LogP contribution is 2.24. The lowest BCUT2D eigenvalue weighted by Gasteiger charge is -2.33. The summed E-state index contributed by atoms with van der Waals surface area (Å²) >= 11 is 0. The fourth-order valence-electron chi connectivity index (χ4n) is 2.90. The van der Waals surface area contributed by atoms with Gasteiger partial charge in [0.1, 0.15) is 11.5 Å². The van der Waals surface area contributed by atoms with E-state index < -0.39 is 0 Å². The van der Waals surface area contributed by atoms with E-state index in [0.29, 0.717) is 17.9 Å². The first kappa shape index (κ1) is 22.3. The van der Waals surface area contributed by atoms with Gasteiger partial charge in [-0.1, -0.05) is 0 Å². The molecular formula is C18H28IN3O4. The molecule has 8 heteroatoms. The quantitative estimate of drug-likeness (QED) is 0.293. The molecule has 0 spiro atoms. The van der Waals surface area contributed by atoms with Crippen LogP contribution in [0.5, 0.6) is 11.5 Å². The van der Waals surface area contributed by atoms with E-state index in [4.69, 9.17) is 9.47 Å². The number of benzene rings is 1. The lowest BCUT2D eigenvalue weighted by molar-refractivity contribution is -0.146. The van der Waals surface area contributed by atoms with Crippen LogP contribution in [0, 0.1) is 5.92 Å². The van der Waals surface area contributed by atoms with E-state index in [2.05, 4.69) is 15.2 Å². The van der Waals surface area contributed by atoms with Crippen molar-refractivity contribution in [1.82, 2.24) is 10.2 Å². The van der Waals surface area contributed by atoms with Gasteiger partial charge in [0, 0.05) is 25.2 Å². The molecule has 0 atom stereocenters. The van der Waals surface area contributed by atoms with Gasteiger partial charge in [0.25, 0.3) is 0 Å². The van der Waals surface area contributed by atoms with Gasteiger partial charge in [-0.05, 0) is 38.0 Å². The van der Waals surface area contributed by atoms with Crippen molar-refractivity contribution in [2.75, 3.05) is 33.9 Å². The highest BCUT2D eigenvalue weighted by Gasteiger charge is 2.26. The fraction of sp³-hybridized carbons (Fsp3) is 0.556. The number of ether oxygens (including phenoxy) is 2. The lowest BCUT2D eigenvalue weighted by atomic mass is 9.97. The topological polar surface area (TPSA) is 83.4 Å². The third-order valence-electron chi connectivity index (χ3n) is 4.35. The highest BCUT2D eigenvalue weighted by atomic mass is 127. The molecule has 1 aromatic rings. The summed E-state index contributed by atoms with van der Waals surface area (Å²) in [4.78, 5) is 18.4. The number of methoxy groups -OCH3 is 2. The Kier molecular flexibility index (Phi) is 9.53. The van der Waals surface area contributed by atoms with Crippen LogP contribution < -0.4 is 10.1 Å². The number of phenolic OH excluding ortho intramolecular Hbond substituents is 1. The number of halogens is 1. The molecule has 0 amide bonds. The summed E-state index contributed by atoms with van der Waals surface area (Å²) in [6.45, 7) is 4.60. The third kappa shape index (κ3) is 5.93. The Morgan fingerprint density at radius 3 is 2.62 bits per heavy atom. The molecule has 1 aliphatic rings. The van der Waals surface area contributed by atoms with E-state index in [1.807, 2.05) is 6.92 Å². The van der Waals surface area contributed by atoms with Crippen molar-refractivity contribution in [2.24, 2.45) is 10.9 Å². The van der Waals surface area contributed by atoms with Crippen molar-refractivity contribution in [3.8, 4) is 11.5 Å². The first-order valence-electron chi connectivity index (χ1n) is 8.56. The smallest absolute Gasteiger partial charge is 0.308 e. The number of piperidine rings is 1. The van der Waals surface area contributed by atoms with Crippen molar-refractivity contribution >= 4 is 35.9 Å². The summed E-state index contributed by atoms with van der Waals surface area (Å²) in [5, 5.41) is 13.3. The first-order valence-corrected chi connectivity index (χ1v) is 8.56. The Morgan fingerprint density at radius 1 is 1.35 bits per heavy atom. The van der Waals surface area contributed by atoms with Crippen LogP contribution in [0.3, 0.4) is 0 Å². The van der Waals surface area contributed by atoms with E-state index in [0.717, 1.165) is 38.4 Å². The molecule has 1 fully saturated rings. The Balaban J connectivity index is 0.00000338. The molecular weight excluding hydrogens is 449 g/mol. The Hall–Kier alpha value is -1.71. The van der Waals surface area contributed by atoms with Crippen molar-refractivity contribution in [3.63, 3.8) is 0 Å². The Bertz CT molecular complexity index is 616. The minimum absolute atomic E-state index is 0. The molecule has 2 rings (SSSR count). The monoisotopic (exact) mass is 477 g/mol. The molecule has 1 aromatic carbocycles. The molecule has 0 unspecified atom stereocenters. The summed E-state index contributed by atoms with van der Waals surface area (Å²) in [5.41, 5.74) is 0.708. The summed E-state index contributed by atoms with van der Waals surface area (Å²) in [6, 6.07) is 5.11. The van der Waals surface area contributed by atoms with Crippen LogP contribution in [0.15, 0.2) is 23.2 Å². The van der Waals surface area contributed by atoms with Crippen LogP contribution in [0.25, 0.3) is 0 Å². The number of guanidine groups is 1. The standard InChI is InChI=1S/C18H27N3O4.HI/c1-4-19-18(21-9-7-13(8-10-21)17(23)25-3)20-12-14-11-15(24-2)5-6-16(14)22;/h5-6,11,13,22H,4,7-10,12H2,1-3H3,(H,19,20);1H. The number of carbonyl (C=O) groups is 1. The number of hydrogen-bond donors (Lipinski definition) is 2. The number of phenols is 1. The summed E-state index contributed by atoms with van der Waals surface area (Å²) in [6.07, 6.45) is 1.50. The molecule has 0 radical (unpaired) electrons. The van der Waals surface area contributed by atoms with Crippen molar-refractivity contribution in [2.45, 2.75) is 26.3 Å². The number of rotatable bonds is 5. The first-order chi connectivity index (χ1) is 12.1. The maximum atomic E-state index is 11.7. The highest BCUT2D eigenvalue weighted by molar-refractivity contribution is 14.0. The molecule has 1 heterocycles. The van der Waals surface area contributed by atoms with Crippen LogP contribution in [0.2, 0.25) is 0 Å². The number of likely N-dealkylation sites (tertiary alicyclic amines) is 1. The van der Waals surface area contributed by atoms with Gasteiger partial charge in [-0.25, -0.2) is 4.99 Å². The van der Waals surface area contributed by atoms with E-state index in [1.54, 1.807) is 25.3 Å². The molecule has 0 bridgehead atoms. The van der Waals surface area contributed by atoms with Gasteiger partial charge in [-0.2, -0.15) is 0 Å². The zero-order valence-electron chi connectivity index (χ0n) is 15.5. The molecule has 0 aliphatic carbocycles. The zero-order chi connectivity index (χ0) is 18.2. The Morgan fingerprint density at radius 2 is 2.04 bits per heavy atom. The second-order valence-corrected chi connectivity index (χ2v) is 5.95. The number of nitrogens with one attached hydrogen (secondary N) is 1. The third-order valence-corrected chi connectivity index (χ3v) is 4.35. The van der Waals surface area contributed by atoms with Gasteiger partial charge >= 0.3 is 5.97 Å². The molecule has 0 saturated carbocycles.